The molecule has 0 spiro atoms. The van der Waals surface area contributed by atoms with Crippen LogP contribution in [0.1, 0.15) is 20.8 Å². The van der Waals surface area contributed by atoms with Crippen molar-refractivity contribution >= 4 is 39.6 Å². The Hall–Kier alpha value is -1.79. The minimum atomic E-state index is -3.47. The third-order valence-corrected chi connectivity index (χ3v) is 6.70. The highest BCUT2D eigenvalue weighted by Crippen LogP contribution is 2.31. The number of sulfonamides is 1. The van der Waals surface area contributed by atoms with Crippen molar-refractivity contribution in [2.75, 3.05) is 29.6 Å². The third-order valence-electron chi connectivity index (χ3n) is 4.52. The molecule has 2 fully saturated rings. The van der Waals surface area contributed by atoms with Crippen molar-refractivity contribution in [3.8, 4) is 0 Å². The Labute approximate surface area is 181 Å². The van der Waals surface area contributed by atoms with Crippen molar-refractivity contribution in [2.24, 2.45) is 5.41 Å². The molecule has 2 aliphatic heterocycles. The Morgan fingerprint density at radius 3 is 2.60 bits per heavy atom. The first-order valence-corrected chi connectivity index (χ1v) is 11.5. The summed E-state index contributed by atoms with van der Waals surface area (Å²) in [5.74, 6) is 0.635. The van der Waals surface area contributed by atoms with Gasteiger partial charge < -0.3 is 25.5 Å². The molecule has 10 nitrogen and oxygen atoms in total. The van der Waals surface area contributed by atoms with Crippen LogP contribution in [0.3, 0.4) is 0 Å². The highest BCUT2D eigenvalue weighted by atomic mass is 35.5. The molecule has 4 N–H and O–H groups in total. The molecule has 0 aliphatic carbocycles. The lowest BCUT2D eigenvalue weighted by Gasteiger charge is -2.22. The number of anilines is 2. The zero-order valence-corrected chi connectivity index (χ0v) is 18.7. The Balaban J connectivity index is 1.66. The predicted octanol–water partition coefficient (Wildman–Crippen LogP) is 1.62. The van der Waals surface area contributed by atoms with E-state index < -0.39 is 22.2 Å². The van der Waals surface area contributed by atoms with Crippen molar-refractivity contribution in [2.45, 2.75) is 45.1 Å². The van der Waals surface area contributed by atoms with Crippen LogP contribution in [-0.4, -0.2) is 67.9 Å². The molecule has 0 aromatic carbocycles. The summed E-state index contributed by atoms with van der Waals surface area (Å²) < 4.78 is 39.3. The van der Waals surface area contributed by atoms with Gasteiger partial charge in [0.05, 0.1) is 42.9 Å². The molecule has 4 atom stereocenters. The molecule has 3 heterocycles. The fourth-order valence-electron chi connectivity index (χ4n) is 3.45. The molecule has 3 rings (SSSR count). The van der Waals surface area contributed by atoms with Crippen molar-refractivity contribution < 1.29 is 17.9 Å². The van der Waals surface area contributed by atoms with Crippen molar-refractivity contribution in [1.82, 2.24) is 14.7 Å². The monoisotopic (exact) mass is 458 g/mol. The highest BCUT2D eigenvalue weighted by molar-refractivity contribution is 7.89. The van der Waals surface area contributed by atoms with Gasteiger partial charge in [-0.3, -0.25) is 0 Å². The molecular formula is C18H27ClN6O4S. The Bertz CT molecular complexity index is 920. The maximum absolute atomic E-state index is 12.5. The van der Waals surface area contributed by atoms with Gasteiger partial charge in [-0.2, -0.15) is 4.98 Å². The maximum atomic E-state index is 12.5. The number of hydrogen-bond acceptors (Lipinski definition) is 9. The van der Waals surface area contributed by atoms with Gasteiger partial charge in [-0.1, -0.05) is 39.0 Å². The van der Waals surface area contributed by atoms with Gasteiger partial charge in [0, 0.05) is 6.21 Å². The lowest BCUT2D eigenvalue weighted by Crippen LogP contribution is -2.46. The molecule has 0 bridgehead atoms. The Morgan fingerprint density at radius 1 is 1.33 bits per heavy atom. The molecule has 2 aliphatic rings. The first-order valence-electron chi connectivity index (χ1n) is 9.46. The standard InChI is InChI=1S/C18H27ClN6O4S/c1-10(5-20)22-17-21-6-11(19)16(24-17)23-12-7-28-15-13(8-29-14(12)15)25-30(26,27)9-18(2,3)4/h5-6,12-15,20,25H,1,7-9H2,2-4H3,(H2,21,22,23,24). The van der Waals surface area contributed by atoms with Crippen LogP contribution < -0.4 is 15.4 Å². The molecule has 0 amide bonds. The van der Waals surface area contributed by atoms with E-state index in [0.717, 1.165) is 6.21 Å². The van der Waals surface area contributed by atoms with Gasteiger partial charge in [0.15, 0.2) is 5.82 Å². The number of aromatic nitrogens is 2. The highest BCUT2D eigenvalue weighted by Gasteiger charge is 2.49. The first-order chi connectivity index (χ1) is 14.0. The second-order valence-electron chi connectivity index (χ2n) is 8.58. The lowest BCUT2D eigenvalue weighted by molar-refractivity contribution is 0.0690. The average molecular weight is 459 g/mol. The molecule has 1 aromatic rings. The van der Waals surface area contributed by atoms with E-state index in [9.17, 15) is 8.42 Å². The van der Waals surface area contributed by atoms with E-state index in [4.69, 9.17) is 26.5 Å². The van der Waals surface area contributed by atoms with Gasteiger partial charge in [-0.15, -0.1) is 0 Å². The van der Waals surface area contributed by atoms with Crippen LogP contribution >= 0.6 is 11.6 Å². The minimum absolute atomic E-state index is 0.0168. The summed E-state index contributed by atoms with van der Waals surface area (Å²) in [4.78, 5) is 8.36. The second-order valence-corrected chi connectivity index (χ2v) is 10.7. The fraction of sp³-hybridized carbons (Fsp3) is 0.611. The molecular weight excluding hydrogens is 432 g/mol. The van der Waals surface area contributed by atoms with Gasteiger partial charge in [-0.25, -0.2) is 18.1 Å². The molecule has 166 valence electrons. The summed E-state index contributed by atoms with van der Waals surface area (Å²) in [6, 6.07) is -0.721. The average Bonchev–Trinajstić information content (AvgIpc) is 3.19. The van der Waals surface area contributed by atoms with Gasteiger partial charge in [0.2, 0.25) is 16.0 Å². The summed E-state index contributed by atoms with van der Waals surface area (Å²) in [5.41, 5.74) is -0.0267. The van der Waals surface area contributed by atoms with E-state index in [-0.39, 0.29) is 35.9 Å². The lowest BCUT2D eigenvalue weighted by atomic mass is 10.0. The normalized spacial score (nSPS) is 26.3. The van der Waals surface area contributed by atoms with Crippen LogP contribution in [0.4, 0.5) is 11.8 Å². The Morgan fingerprint density at radius 2 is 1.97 bits per heavy atom. The van der Waals surface area contributed by atoms with Gasteiger partial charge >= 0.3 is 0 Å². The predicted molar refractivity (Wildman–Crippen MR) is 116 cm³/mol. The summed E-state index contributed by atoms with van der Waals surface area (Å²) in [5, 5.41) is 13.5. The quantitative estimate of drug-likeness (QED) is 0.431. The van der Waals surface area contributed by atoms with Crippen LogP contribution in [-0.2, 0) is 19.5 Å². The fourth-order valence-corrected chi connectivity index (χ4v) is 5.48. The zero-order valence-electron chi connectivity index (χ0n) is 17.1. The molecule has 1 aromatic heterocycles. The van der Waals surface area contributed by atoms with Crippen LogP contribution in [0.5, 0.6) is 0 Å². The number of nitrogens with zero attached hydrogens (tertiary/aromatic N) is 2. The van der Waals surface area contributed by atoms with E-state index in [1.54, 1.807) is 0 Å². The summed E-state index contributed by atoms with van der Waals surface area (Å²) in [6.45, 7) is 9.79. The van der Waals surface area contributed by atoms with Crippen LogP contribution in [0, 0.1) is 10.8 Å². The number of rotatable bonds is 8. The van der Waals surface area contributed by atoms with Crippen LogP contribution in [0.25, 0.3) is 0 Å². The summed E-state index contributed by atoms with van der Waals surface area (Å²) in [7, 11) is -3.47. The summed E-state index contributed by atoms with van der Waals surface area (Å²) in [6.07, 6.45) is 1.72. The van der Waals surface area contributed by atoms with Gasteiger partial charge in [0.1, 0.15) is 17.2 Å². The largest absolute Gasteiger partial charge is 0.371 e. The molecule has 2 saturated heterocycles. The second kappa shape index (κ2) is 8.75. The SMILES string of the molecule is C=C(C=N)Nc1ncc(Cl)c(NC2COC3C(NS(=O)(=O)CC(C)(C)C)COC23)n1. The Kier molecular flexibility index (Phi) is 6.68. The van der Waals surface area contributed by atoms with Gasteiger partial charge in [-0.05, 0) is 5.41 Å². The van der Waals surface area contributed by atoms with E-state index in [1.807, 2.05) is 20.8 Å². The smallest absolute Gasteiger partial charge is 0.229 e. The number of ether oxygens (including phenoxy) is 2. The van der Waals surface area contributed by atoms with E-state index in [2.05, 4.69) is 31.9 Å². The number of fused-ring (bicyclic) bond motifs is 1. The number of halogens is 1. The van der Waals surface area contributed by atoms with Crippen molar-refractivity contribution in [1.29, 1.82) is 5.41 Å². The van der Waals surface area contributed by atoms with Crippen molar-refractivity contribution in [3.63, 3.8) is 0 Å². The minimum Gasteiger partial charge on any atom is -0.371 e. The van der Waals surface area contributed by atoms with E-state index >= 15 is 0 Å². The maximum Gasteiger partial charge on any atom is 0.229 e. The molecule has 12 heteroatoms. The van der Waals surface area contributed by atoms with Crippen molar-refractivity contribution in [3.05, 3.63) is 23.5 Å². The molecule has 0 radical (unpaired) electrons. The third kappa shape index (κ3) is 5.67. The van der Waals surface area contributed by atoms with E-state index in [1.165, 1.54) is 6.20 Å². The van der Waals surface area contributed by atoms with Crippen LogP contribution in [0.2, 0.25) is 5.02 Å². The topological polar surface area (TPSA) is 138 Å². The van der Waals surface area contributed by atoms with Gasteiger partial charge in [0.25, 0.3) is 0 Å². The summed E-state index contributed by atoms with van der Waals surface area (Å²) >= 11 is 6.21. The van der Waals surface area contributed by atoms with Crippen LogP contribution in [0.15, 0.2) is 18.5 Å². The first kappa shape index (κ1) is 22.9. The molecule has 4 unspecified atom stereocenters. The number of nitrogens with one attached hydrogen (secondary N) is 4. The molecule has 30 heavy (non-hydrogen) atoms. The molecule has 0 saturated carbocycles. The zero-order chi connectivity index (χ0) is 22.1. The number of allylic oxidation sites excluding steroid dienone is 1. The van der Waals surface area contributed by atoms with E-state index in [0.29, 0.717) is 23.1 Å². The number of hydrogen-bond donors (Lipinski definition) is 4.